The van der Waals surface area contributed by atoms with Crippen molar-refractivity contribution < 1.29 is 13.9 Å². The van der Waals surface area contributed by atoms with Gasteiger partial charge in [0.25, 0.3) is 5.56 Å². The highest BCUT2D eigenvalue weighted by Gasteiger charge is 2.32. The van der Waals surface area contributed by atoms with Crippen molar-refractivity contribution in [1.29, 1.82) is 0 Å². The monoisotopic (exact) mass is 750 g/mol. The Morgan fingerprint density at radius 1 is 0.979 bits per heavy atom. The maximum absolute atomic E-state index is 14.2. The third-order valence-electron chi connectivity index (χ3n) is 8.86. The summed E-state index contributed by atoms with van der Waals surface area (Å²) in [7, 11) is 1.62. The third-order valence-corrected chi connectivity index (χ3v) is 10.6. The minimum Gasteiger partial charge on any atom is -0.493 e. The molecule has 0 amide bonds. The van der Waals surface area contributed by atoms with E-state index in [1.54, 1.807) is 23.8 Å². The number of thiazole rings is 1. The van der Waals surface area contributed by atoms with Gasteiger partial charge in [0.05, 0.1) is 27.0 Å². The number of hydrogen-bond donors (Lipinski definition) is 0. The maximum atomic E-state index is 14.2. The lowest BCUT2D eigenvalue weighted by Crippen LogP contribution is -2.38. The van der Waals surface area contributed by atoms with Crippen LogP contribution in [0.2, 0.25) is 0 Å². The van der Waals surface area contributed by atoms with Gasteiger partial charge in [-0.05, 0) is 104 Å². The van der Waals surface area contributed by atoms with Gasteiger partial charge in [0.2, 0.25) is 0 Å². The van der Waals surface area contributed by atoms with Crippen molar-refractivity contribution in [3.05, 3.63) is 166 Å². The Bertz CT molecular complexity index is 2410. The molecule has 232 valence electrons. The molecule has 0 fully saturated rings. The van der Waals surface area contributed by atoms with Gasteiger partial charge in [-0.2, -0.15) is 0 Å². The zero-order chi connectivity index (χ0) is 32.1. The summed E-state index contributed by atoms with van der Waals surface area (Å²) in [5.74, 6) is 0.937. The first-order valence-electron chi connectivity index (χ1n) is 15.3. The van der Waals surface area contributed by atoms with Crippen LogP contribution in [0.3, 0.4) is 0 Å². The summed E-state index contributed by atoms with van der Waals surface area (Å²) in [5, 5.41) is 2.32. The summed E-state index contributed by atoms with van der Waals surface area (Å²) < 4.78 is 29.3. The minimum absolute atomic E-state index is 0.126. The third kappa shape index (κ3) is 5.39. The molecule has 0 N–H and O–H groups in total. The fourth-order valence-corrected chi connectivity index (χ4v) is 8.43. The summed E-state index contributed by atoms with van der Waals surface area (Å²) in [5.41, 5.74) is 6.99. The molecule has 2 aliphatic rings. The average Bonchev–Trinajstić information content (AvgIpc) is 3.40. The molecular weight excluding hydrogens is 722 g/mol. The molecule has 1 aliphatic carbocycles. The molecule has 0 saturated carbocycles. The molecule has 6 aromatic rings. The van der Waals surface area contributed by atoms with Crippen molar-refractivity contribution in [1.82, 2.24) is 4.57 Å². The molecule has 5 nitrogen and oxygen atoms in total. The normalized spacial score (nSPS) is 15.6. The molecule has 8 rings (SSSR count). The number of nitrogens with zero attached hydrogens (tertiary/aromatic N) is 2. The average molecular weight is 751 g/mol. The molecular formula is C39H28FIN2O3S. The van der Waals surface area contributed by atoms with Crippen LogP contribution in [0.15, 0.2) is 118 Å². The first kappa shape index (κ1) is 29.8. The van der Waals surface area contributed by atoms with Crippen molar-refractivity contribution in [2.45, 2.75) is 25.5 Å². The number of hydrogen-bond acceptors (Lipinski definition) is 5. The van der Waals surface area contributed by atoms with Gasteiger partial charge in [0.15, 0.2) is 16.3 Å². The lowest BCUT2D eigenvalue weighted by atomic mass is 9.83. The summed E-state index contributed by atoms with van der Waals surface area (Å²) in [6.07, 6.45) is 3.53. The van der Waals surface area contributed by atoms with Crippen molar-refractivity contribution in [2.75, 3.05) is 7.11 Å². The number of methoxy groups -OCH3 is 1. The number of allylic oxidation sites excluding steroid dienone is 1. The number of benzene rings is 5. The Hall–Kier alpha value is -4.54. The topological polar surface area (TPSA) is 52.8 Å². The molecule has 1 atom stereocenters. The second kappa shape index (κ2) is 12.2. The van der Waals surface area contributed by atoms with Gasteiger partial charge in [0, 0.05) is 5.56 Å². The van der Waals surface area contributed by atoms with E-state index >= 15 is 0 Å². The van der Waals surface area contributed by atoms with Gasteiger partial charge >= 0.3 is 0 Å². The summed E-state index contributed by atoms with van der Waals surface area (Å²) in [4.78, 5) is 19.9. The number of fused-ring (bicyclic) bond motifs is 4. The second-order valence-electron chi connectivity index (χ2n) is 11.6. The largest absolute Gasteiger partial charge is 0.493 e. The fraction of sp³-hybridized carbons (Fsp3) is 0.128. The standard InChI is InChI=1S/C39H28FIN2O3S/c1-45-33-20-23(19-32(41)37(33)46-22-27-10-6-9-24-7-2-4-11-29(24)27)21-34-38(44)43-36(26-13-16-28(40)17-14-26)31-18-15-25-8-3-5-12-30(25)35(31)42-39(43)47-34/h2-14,16-17,19-21,36H,15,18,22H2,1H3/b34-21-/t36-/m1/s1. The second-order valence-corrected chi connectivity index (χ2v) is 13.8. The first-order chi connectivity index (χ1) is 23.0. The van der Waals surface area contributed by atoms with Crippen LogP contribution in [0.5, 0.6) is 11.5 Å². The van der Waals surface area contributed by atoms with Crippen LogP contribution >= 0.6 is 33.9 Å². The van der Waals surface area contributed by atoms with E-state index in [1.165, 1.54) is 34.4 Å². The first-order valence-corrected chi connectivity index (χ1v) is 17.2. The van der Waals surface area contributed by atoms with Crippen LogP contribution in [-0.4, -0.2) is 11.7 Å². The molecule has 2 heterocycles. The van der Waals surface area contributed by atoms with Crippen molar-refractivity contribution in [3.63, 3.8) is 0 Å². The van der Waals surface area contributed by atoms with E-state index in [2.05, 4.69) is 65.1 Å². The maximum Gasteiger partial charge on any atom is 0.271 e. The molecule has 0 saturated heterocycles. The Balaban J connectivity index is 1.20. The van der Waals surface area contributed by atoms with Crippen molar-refractivity contribution >= 4 is 56.5 Å². The Labute approximate surface area is 288 Å². The van der Waals surface area contributed by atoms with Gasteiger partial charge in [-0.15, -0.1) is 0 Å². The zero-order valence-corrected chi connectivity index (χ0v) is 28.3. The van der Waals surface area contributed by atoms with Gasteiger partial charge < -0.3 is 9.47 Å². The van der Waals surface area contributed by atoms with Gasteiger partial charge in [-0.25, -0.2) is 9.38 Å². The molecule has 47 heavy (non-hydrogen) atoms. The molecule has 1 aliphatic heterocycles. The van der Waals surface area contributed by atoms with E-state index in [4.69, 9.17) is 14.5 Å². The number of ether oxygens (including phenoxy) is 2. The molecule has 0 radical (unpaired) electrons. The predicted molar refractivity (Wildman–Crippen MR) is 193 cm³/mol. The Morgan fingerprint density at radius 2 is 1.77 bits per heavy atom. The highest BCUT2D eigenvalue weighted by molar-refractivity contribution is 14.1. The van der Waals surface area contributed by atoms with E-state index in [-0.39, 0.29) is 17.4 Å². The Morgan fingerprint density at radius 3 is 2.62 bits per heavy atom. The predicted octanol–water partition coefficient (Wildman–Crippen LogP) is 7.80. The number of halogens is 2. The summed E-state index contributed by atoms with van der Waals surface area (Å²) in [6.45, 7) is 0.392. The molecule has 0 bridgehead atoms. The molecule has 0 spiro atoms. The summed E-state index contributed by atoms with van der Waals surface area (Å²) in [6, 6.07) is 32.8. The van der Waals surface area contributed by atoms with Crippen molar-refractivity contribution in [3.8, 4) is 11.5 Å². The molecule has 8 heteroatoms. The van der Waals surface area contributed by atoms with E-state index < -0.39 is 0 Å². The highest BCUT2D eigenvalue weighted by Crippen LogP contribution is 2.41. The van der Waals surface area contributed by atoms with Gasteiger partial charge in [-0.3, -0.25) is 9.36 Å². The van der Waals surface area contributed by atoms with Crippen LogP contribution in [0, 0.1) is 9.39 Å². The van der Waals surface area contributed by atoms with Crippen LogP contribution in [0.1, 0.15) is 40.3 Å². The minimum atomic E-state index is -0.364. The lowest BCUT2D eigenvalue weighted by Gasteiger charge is -2.30. The van der Waals surface area contributed by atoms with E-state index in [0.717, 1.165) is 55.3 Å². The van der Waals surface area contributed by atoms with Crippen LogP contribution in [-0.2, 0) is 13.0 Å². The van der Waals surface area contributed by atoms with E-state index in [1.807, 2.05) is 42.5 Å². The SMILES string of the molecule is COc1cc(/C=c2\sc3n(c2=O)[C@H](c2ccc(F)cc2)C2=C(N=3)c3ccccc3CC2)cc(I)c1OCc1cccc2ccccc12. The molecule has 0 unspecified atom stereocenters. The lowest BCUT2D eigenvalue weighted by molar-refractivity contribution is 0.283. The number of aryl methyl sites for hydroxylation is 1. The number of rotatable bonds is 6. The van der Waals surface area contributed by atoms with Crippen LogP contribution in [0.25, 0.3) is 22.5 Å². The smallest absolute Gasteiger partial charge is 0.271 e. The molecule has 1 aromatic heterocycles. The number of aromatic nitrogens is 1. The fourth-order valence-electron chi connectivity index (χ4n) is 6.65. The molecule has 5 aromatic carbocycles. The van der Waals surface area contributed by atoms with Crippen molar-refractivity contribution in [2.24, 2.45) is 4.99 Å². The van der Waals surface area contributed by atoms with Gasteiger partial charge in [0.1, 0.15) is 12.4 Å². The van der Waals surface area contributed by atoms with Crippen LogP contribution in [0.4, 0.5) is 4.39 Å². The Kier molecular flexibility index (Phi) is 7.77. The van der Waals surface area contributed by atoms with E-state index in [9.17, 15) is 9.18 Å². The summed E-state index contributed by atoms with van der Waals surface area (Å²) >= 11 is 3.63. The zero-order valence-electron chi connectivity index (χ0n) is 25.4. The van der Waals surface area contributed by atoms with Crippen LogP contribution < -0.4 is 24.4 Å². The van der Waals surface area contributed by atoms with E-state index in [0.29, 0.717) is 27.4 Å². The highest BCUT2D eigenvalue weighted by atomic mass is 127. The van der Waals surface area contributed by atoms with Gasteiger partial charge in [-0.1, -0.05) is 90.2 Å². The quantitative estimate of drug-likeness (QED) is 0.164.